The first kappa shape index (κ1) is 23.7. The third-order valence-corrected chi connectivity index (χ3v) is 4.66. The van der Waals surface area contributed by atoms with Gasteiger partial charge in [-0.05, 0) is 48.0 Å². The van der Waals surface area contributed by atoms with Crippen LogP contribution in [0.25, 0.3) is 17.5 Å². The van der Waals surface area contributed by atoms with Gasteiger partial charge in [0.05, 0.1) is 11.3 Å². The molecule has 4 rings (SSSR count). The number of nitrogens with zero attached hydrogens (tertiary/aromatic N) is 3. The predicted molar refractivity (Wildman–Crippen MR) is 119 cm³/mol. The van der Waals surface area contributed by atoms with E-state index in [2.05, 4.69) is 15.1 Å². The molecule has 178 valence electrons. The van der Waals surface area contributed by atoms with Crippen LogP contribution in [0.4, 0.5) is 13.2 Å². The molecule has 0 unspecified atom stereocenters. The van der Waals surface area contributed by atoms with Crippen LogP contribution < -0.4 is 4.74 Å². The van der Waals surface area contributed by atoms with Crippen LogP contribution >= 0.6 is 0 Å². The van der Waals surface area contributed by atoms with Crippen LogP contribution in [0.1, 0.15) is 22.7 Å². The molecule has 0 saturated carbocycles. The van der Waals surface area contributed by atoms with Gasteiger partial charge in [0.25, 0.3) is 5.89 Å². The van der Waals surface area contributed by atoms with E-state index in [-0.39, 0.29) is 23.9 Å². The number of alkyl halides is 3. The molecule has 0 atom stereocenters. The van der Waals surface area contributed by atoms with Gasteiger partial charge in [0.15, 0.2) is 6.61 Å². The third-order valence-electron chi connectivity index (χ3n) is 4.66. The Hall–Kier alpha value is -4.47. The molecule has 2 aromatic carbocycles. The highest BCUT2D eigenvalue weighted by Gasteiger charge is 2.30. The zero-order valence-electron chi connectivity index (χ0n) is 18.1. The number of halogens is 3. The van der Waals surface area contributed by atoms with Gasteiger partial charge in [0, 0.05) is 17.8 Å². The van der Waals surface area contributed by atoms with Crippen LogP contribution in [0.2, 0.25) is 0 Å². The van der Waals surface area contributed by atoms with Crippen LogP contribution in [0, 0.1) is 0 Å². The second kappa shape index (κ2) is 10.6. The molecule has 0 bridgehead atoms. The van der Waals surface area contributed by atoms with Crippen LogP contribution in [0.3, 0.4) is 0 Å². The van der Waals surface area contributed by atoms with Crippen molar-refractivity contribution in [2.24, 2.45) is 0 Å². The van der Waals surface area contributed by atoms with E-state index < -0.39 is 17.7 Å². The molecule has 0 fully saturated rings. The van der Waals surface area contributed by atoms with Gasteiger partial charge in [-0.15, -0.1) is 0 Å². The predicted octanol–water partition coefficient (Wildman–Crippen LogP) is 5.49. The molecular weight excluding hydrogens is 463 g/mol. The largest absolute Gasteiger partial charge is 0.487 e. The highest BCUT2D eigenvalue weighted by Crippen LogP contribution is 2.31. The minimum Gasteiger partial charge on any atom is -0.487 e. The molecule has 35 heavy (non-hydrogen) atoms. The molecule has 0 N–H and O–H groups in total. The number of benzene rings is 2. The molecule has 0 amide bonds. The fraction of sp³-hybridized carbons (Fsp3) is 0.120. The second-order valence-corrected chi connectivity index (χ2v) is 7.21. The summed E-state index contributed by atoms with van der Waals surface area (Å²) < 4.78 is 54.3. The average molecular weight is 481 g/mol. The summed E-state index contributed by atoms with van der Waals surface area (Å²) >= 11 is 0. The fourth-order valence-corrected chi connectivity index (χ4v) is 2.93. The Kier molecular flexibility index (Phi) is 7.20. The van der Waals surface area contributed by atoms with Crippen molar-refractivity contribution in [3.8, 4) is 17.1 Å². The van der Waals surface area contributed by atoms with Crippen LogP contribution in [-0.2, 0) is 28.9 Å². The molecular formula is C25H18F3N3O4. The topological polar surface area (TPSA) is 87.3 Å². The molecule has 4 aromatic rings. The first-order valence-electron chi connectivity index (χ1n) is 10.3. The molecule has 0 radical (unpaired) electrons. The summed E-state index contributed by atoms with van der Waals surface area (Å²) in [6, 6.07) is 17.2. The third kappa shape index (κ3) is 6.76. The molecule has 0 aliphatic rings. The van der Waals surface area contributed by atoms with E-state index in [1.54, 1.807) is 36.5 Å². The normalized spacial score (nSPS) is 11.5. The molecule has 0 aliphatic carbocycles. The minimum absolute atomic E-state index is 0.0388. The maximum absolute atomic E-state index is 12.9. The first-order valence-corrected chi connectivity index (χ1v) is 10.3. The monoisotopic (exact) mass is 481 g/mol. The molecule has 2 aromatic heterocycles. The van der Waals surface area contributed by atoms with E-state index in [4.69, 9.17) is 14.0 Å². The Morgan fingerprint density at radius 3 is 2.57 bits per heavy atom. The molecule has 0 aliphatic heterocycles. The van der Waals surface area contributed by atoms with Gasteiger partial charge >= 0.3 is 12.1 Å². The van der Waals surface area contributed by atoms with E-state index >= 15 is 0 Å². The number of aromatic nitrogens is 3. The zero-order valence-corrected chi connectivity index (χ0v) is 18.1. The number of ether oxygens (including phenoxy) is 2. The van der Waals surface area contributed by atoms with E-state index in [1.165, 1.54) is 18.2 Å². The minimum atomic E-state index is -4.49. The number of carbonyl (C=O) groups excluding carboxylic acids is 1. The van der Waals surface area contributed by atoms with Crippen molar-refractivity contribution in [1.82, 2.24) is 15.1 Å². The van der Waals surface area contributed by atoms with Crippen molar-refractivity contribution in [2.75, 3.05) is 0 Å². The molecule has 0 saturated heterocycles. The van der Waals surface area contributed by atoms with Crippen molar-refractivity contribution >= 4 is 12.0 Å². The highest BCUT2D eigenvalue weighted by molar-refractivity contribution is 5.87. The molecule has 0 spiro atoms. The summed E-state index contributed by atoms with van der Waals surface area (Å²) in [7, 11) is 0. The first-order chi connectivity index (χ1) is 16.9. The van der Waals surface area contributed by atoms with Crippen molar-refractivity contribution in [3.05, 3.63) is 102 Å². The summed E-state index contributed by atoms with van der Waals surface area (Å²) in [5.74, 6) is -0.0840. The summed E-state index contributed by atoms with van der Waals surface area (Å²) in [5, 5.41) is 3.65. The molecule has 2 heterocycles. The van der Waals surface area contributed by atoms with Gasteiger partial charge in [-0.25, -0.2) is 4.79 Å². The van der Waals surface area contributed by atoms with Gasteiger partial charge in [-0.2, -0.15) is 18.2 Å². The van der Waals surface area contributed by atoms with Crippen molar-refractivity contribution in [1.29, 1.82) is 0 Å². The summed E-state index contributed by atoms with van der Waals surface area (Å²) in [4.78, 5) is 20.2. The Morgan fingerprint density at radius 2 is 1.83 bits per heavy atom. The lowest BCUT2D eigenvalue weighted by Crippen LogP contribution is -2.04. The van der Waals surface area contributed by atoms with Crippen molar-refractivity contribution in [2.45, 2.75) is 19.4 Å². The number of rotatable bonds is 8. The summed E-state index contributed by atoms with van der Waals surface area (Å²) in [5.41, 5.74) is 0.860. The number of pyridine rings is 1. The lowest BCUT2D eigenvalue weighted by atomic mass is 10.1. The average Bonchev–Trinajstić information content (AvgIpc) is 3.35. The van der Waals surface area contributed by atoms with E-state index in [9.17, 15) is 18.0 Å². The lowest BCUT2D eigenvalue weighted by Gasteiger charge is -2.06. The Labute approximate surface area is 197 Å². The van der Waals surface area contributed by atoms with Gasteiger partial charge in [-0.1, -0.05) is 35.5 Å². The highest BCUT2D eigenvalue weighted by atomic mass is 19.4. The van der Waals surface area contributed by atoms with E-state index in [0.717, 1.165) is 23.4 Å². The summed E-state index contributed by atoms with van der Waals surface area (Å²) in [6.07, 6.45) is -0.00257. The smallest absolute Gasteiger partial charge is 0.416 e. The number of hydrogen-bond acceptors (Lipinski definition) is 7. The standard InChI is InChI=1S/C25H18F3N3O4/c26-25(27,28)19-5-3-4-18(14-19)24-30-22(35-31-24)16-34-23(32)12-9-17-7-10-21(11-8-17)33-15-20-6-1-2-13-29-20/h1-14H,15-16H2/b12-9+. The van der Waals surface area contributed by atoms with Crippen LogP contribution in [-0.4, -0.2) is 21.1 Å². The Morgan fingerprint density at radius 1 is 1.00 bits per heavy atom. The van der Waals surface area contributed by atoms with Crippen molar-refractivity contribution in [3.63, 3.8) is 0 Å². The van der Waals surface area contributed by atoms with E-state index in [1.807, 2.05) is 18.2 Å². The Bertz CT molecular complexity index is 1300. The number of esters is 1. The molecule has 10 heteroatoms. The van der Waals surface area contributed by atoms with E-state index in [0.29, 0.717) is 12.4 Å². The van der Waals surface area contributed by atoms with Crippen LogP contribution in [0.15, 0.2) is 83.5 Å². The fourth-order valence-electron chi connectivity index (χ4n) is 2.93. The van der Waals surface area contributed by atoms with Gasteiger partial charge in [0.2, 0.25) is 5.82 Å². The van der Waals surface area contributed by atoms with Crippen LogP contribution in [0.5, 0.6) is 5.75 Å². The SMILES string of the molecule is O=C(/C=C/c1ccc(OCc2ccccn2)cc1)OCc1nc(-c2cccc(C(F)(F)F)c2)no1. The quantitative estimate of drug-likeness (QED) is 0.243. The number of carbonyl (C=O) groups is 1. The number of hydrogen-bond donors (Lipinski definition) is 0. The molecule has 7 nitrogen and oxygen atoms in total. The Balaban J connectivity index is 1.27. The van der Waals surface area contributed by atoms with Crippen molar-refractivity contribution < 1.29 is 32.0 Å². The maximum Gasteiger partial charge on any atom is 0.416 e. The second-order valence-electron chi connectivity index (χ2n) is 7.21. The summed E-state index contributed by atoms with van der Waals surface area (Å²) in [6.45, 7) is 0.0168. The van der Waals surface area contributed by atoms with Gasteiger partial charge in [0.1, 0.15) is 12.4 Å². The van der Waals surface area contributed by atoms with Gasteiger partial charge in [-0.3, -0.25) is 4.98 Å². The zero-order chi connectivity index (χ0) is 24.7. The lowest BCUT2D eigenvalue weighted by molar-refractivity contribution is -0.140. The maximum atomic E-state index is 12.9. The van der Waals surface area contributed by atoms with Gasteiger partial charge < -0.3 is 14.0 Å².